The predicted octanol–water partition coefficient (Wildman–Crippen LogP) is 0.357. The van der Waals surface area contributed by atoms with Crippen molar-refractivity contribution in [3.05, 3.63) is 12.2 Å². The Bertz CT molecular complexity index is 594. The zero-order valence-electron chi connectivity index (χ0n) is 17.4. The van der Waals surface area contributed by atoms with Gasteiger partial charge < -0.3 is 38.7 Å². The number of hydrogen-bond acceptors (Lipinski definition) is 10. The number of hydrogen-bond donors (Lipinski definition) is 2. The van der Waals surface area contributed by atoms with Crippen molar-refractivity contribution < 1.29 is 43.5 Å². The van der Waals surface area contributed by atoms with E-state index in [4.69, 9.17) is 23.8 Å². The number of esters is 1. The Balaban J connectivity index is 1.76. The van der Waals surface area contributed by atoms with Gasteiger partial charge in [-0.05, 0) is 13.8 Å². The summed E-state index contributed by atoms with van der Waals surface area (Å²) < 4.78 is 26.6. The number of carbonyl (C=O) groups excluding carboxylic acids is 1. The number of ether oxygens (including phenoxy) is 5. The van der Waals surface area contributed by atoms with Crippen molar-refractivity contribution in [1.82, 2.24) is 0 Å². The van der Waals surface area contributed by atoms with Gasteiger partial charge in [-0.1, -0.05) is 24.2 Å². The van der Waals surface area contributed by atoms with Gasteiger partial charge in [-0.3, -0.25) is 4.79 Å². The molecular weight excluding hydrogens is 386 g/mol. The van der Waals surface area contributed by atoms with Gasteiger partial charge in [-0.25, -0.2) is 0 Å². The molecule has 2 N–H and O–H groups in total. The zero-order valence-corrected chi connectivity index (χ0v) is 17.4. The molecule has 29 heavy (non-hydrogen) atoms. The number of methoxy groups -OCH3 is 2. The molecule has 0 aromatic heterocycles. The highest BCUT2D eigenvalue weighted by molar-refractivity contribution is 5.71. The van der Waals surface area contributed by atoms with Gasteiger partial charge in [0, 0.05) is 13.0 Å². The van der Waals surface area contributed by atoms with Crippen LogP contribution >= 0.6 is 0 Å². The first-order chi connectivity index (χ1) is 13.7. The van der Waals surface area contributed by atoms with Crippen LogP contribution in [-0.4, -0.2) is 85.8 Å². The molecule has 10 heteroatoms. The number of aliphatic hydroxyl groups is 2. The Morgan fingerprint density at radius 3 is 2.66 bits per heavy atom. The topological polar surface area (TPSA) is 125 Å². The van der Waals surface area contributed by atoms with Gasteiger partial charge in [0.05, 0.1) is 19.7 Å². The first-order valence-electron chi connectivity index (χ1n) is 9.47. The zero-order chi connectivity index (χ0) is 21.6. The molecule has 2 aliphatic rings. The SMILES string of the molecule is COC(=O)CC=CC(C)C(C=NOCC(O)C1OC2OC(C)(C)OC2C1O)OC. The molecule has 2 rings (SSSR count). The number of oxime groups is 1. The van der Waals surface area contributed by atoms with Gasteiger partial charge in [0.1, 0.15) is 37.1 Å². The third-order valence-corrected chi connectivity index (χ3v) is 4.70. The minimum absolute atomic E-state index is 0.0704. The summed E-state index contributed by atoms with van der Waals surface area (Å²) in [5.41, 5.74) is 0. The average molecular weight is 417 g/mol. The molecule has 7 unspecified atom stereocenters. The van der Waals surface area contributed by atoms with E-state index in [2.05, 4.69) is 9.89 Å². The first-order valence-corrected chi connectivity index (χ1v) is 9.47. The standard InChI is InChI=1S/C19H31NO9/c1-11(7-6-8-14(22)25-5)13(24-4)9-20-26-10-12(21)16-15(23)17-18(27-16)29-19(2,3)28-17/h6-7,9,11-13,15-18,21,23H,8,10H2,1-5H3. The van der Waals surface area contributed by atoms with Gasteiger partial charge in [0.15, 0.2) is 12.1 Å². The highest BCUT2D eigenvalue weighted by Crippen LogP contribution is 2.38. The Hall–Kier alpha value is -1.56. The second kappa shape index (κ2) is 10.5. The van der Waals surface area contributed by atoms with Crippen molar-refractivity contribution in [1.29, 1.82) is 0 Å². The molecule has 166 valence electrons. The summed E-state index contributed by atoms with van der Waals surface area (Å²) in [6, 6.07) is 0. The molecule has 0 spiro atoms. The molecule has 2 aliphatic heterocycles. The highest BCUT2D eigenvalue weighted by atomic mass is 16.8. The first kappa shape index (κ1) is 23.7. The Kier molecular flexibility index (Phi) is 8.56. The molecule has 0 aromatic rings. The summed E-state index contributed by atoms with van der Waals surface area (Å²) in [5.74, 6) is -1.24. The van der Waals surface area contributed by atoms with Crippen molar-refractivity contribution in [2.24, 2.45) is 11.1 Å². The molecule has 0 amide bonds. The van der Waals surface area contributed by atoms with E-state index in [9.17, 15) is 15.0 Å². The van der Waals surface area contributed by atoms with Crippen molar-refractivity contribution in [2.75, 3.05) is 20.8 Å². The maximum absolute atomic E-state index is 11.1. The fourth-order valence-electron chi connectivity index (χ4n) is 3.13. The molecule has 2 heterocycles. The molecule has 7 atom stereocenters. The summed E-state index contributed by atoms with van der Waals surface area (Å²) in [4.78, 5) is 16.2. The maximum atomic E-state index is 11.1. The van der Waals surface area contributed by atoms with Crippen LogP contribution in [0.5, 0.6) is 0 Å². The molecule has 0 aromatic carbocycles. The summed E-state index contributed by atoms with van der Waals surface area (Å²) in [5, 5.41) is 24.4. The Labute approximate surface area is 170 Å². The van der Waals surface area contributed by atoms with Crippen LogP contribution in [0.2, 0.25) is 0 Å². The number of rotatable bonds is 10. The number of aliphatic hydroxyl groups excluding tert-OH is 2. The normalized spacial score (nSPS) is 31.7. The third kappa shape index (κ3) is 6.46. The van der Waals surface area contributed by atoms with Crippen LogP contribution in [0.3, 0.4) is 0 Å². The monoisotopic (exact) mass is 417 g/mol. The van der Waals surface area contributed by atoms with E-state index < -0.39 is 42.6 Å². The van der Waals surface area contributed by atoms with Gasteiger partial charge in [0.2, 0.25) is 0 Å². The average Bonchev–Trinajstić information content (AvgIpc) is 3.13. The van der Waals surface area contributed by atoms with E-state index in [1.807, 2.05) is 13.0 Å². The van der Waals surface area contributed by atoms with Crippen LogP contribution in [0.15, 0.2) is 17.3 Å². The van der Waals surface area contributed by atoms with Gasteiger partial charge in [-0.2, -0.15) is 0 Å². The van der Waals surface area contributed by atoms with E-state index in [1.165, 1.54) is 20.4 Å². The van der Waals surface area contributed by atoms with Crippen LogP contribution in [0.1, 0.15) is 27.2 Å². The van der Waals surface area contributed by atoms with E-state index >= 15 is 0 Å². The summed E-state index contributed by atoms with van der Waals surface area (Å²) in [6.45, 7) is 5.15. The van der Waals surface area contributed by atoms with Crippen molar-refractivity contribution in [3.8, 4) is 0 Å². The molecular formula is C19H31NO9. The lowest BCUT2D eigenvalue weighted by Crippen LogP contribution is -2.42. The van der Waals surface area contributed by atoms with Gasteiger partial charge >= 0.3 is 5.97 Å². The molecule has 0 bridgehead atoms. The fourth-order valence-corrected chi connectivity index (χ4v) is 3.13. The van der Waals surface area contributed by atoms with Gasteiger partial charge in [-0.15, -0.1) is 0 Å². The molecule has 2 saturated heterocycles. The molecule has 2 fully saturated rings. The number of carbonyl (C=O) groups is 1. The quantitative estimate of drug-likeness (QED) is 0.224. The molecule has 0 radical (unpaired) electrons. The van der Waals surface area contributed by atoms with E-state index in [0.717, 1.165) is 0 Å². The van der Waals surface area contributed by atoms with Crippen LogP contribution in [-0.2, 0) is 33.3 Å². The minimum atomic E-state index is -1.12. The van der Waals surface area contributed by atoms with Gasteiger partial charge in [0.25, 0.3) is 0 Å². The van der Waals surface area contributed by atoms with Crippen LogP contribution in [0.4, 0.5) is 0 Å². The minimum Gasteiger partial charge on any atom is -0.469 e. The molecule has 0 saturated carbocycles. The third-order valence-electron chi connectivity index (χ3n) is 4.70. The Morgan fingerprint density at radius 2 is 2.03 bits per heavy atom. The summed E-state index contributed by atoms with van der Waals surface area (Å²) in [7, 11) is 2.86. The van der Waals surface area contributed by atoms with E-state index in [1.54, 1.807) is 19.9 Å². The molecule has 10 nitrogen and oxygen atoms in total. The van der Waals surface area contributed by atoms with Crippen molar-refractivity contribution in [2.45, 2.75) is 69.8 Å². The summed E-state index contributed by atoms with van der Waals surface area (Å²) >= 11 is 0. The van der Waals surface area contributed by atoms with E-state index in [0.29, 0.717) is 0 Å². The Morgan fingerprint density at radius 1 is 1.31 bits per heavy atom. The van der Waals surface area contributed by atoms with Crippen molar-refractivity contribution in [3.63, 3.8) is 0 Å². The van der Waals surface area contributed by atoms with Crippen LogP contribution in [0, 0.1) is 5.92 Å². The smallest absolute Gasteiger partial charge is 0.309 e. The van der Waals surface area contributed by atoms with E-state index in [-0.39, 0.29) is 24.9 Å². The lowest BCUT2D eigenvalue weighted by atomic mass is 10.0. The fraction of sp³-hybridized carbons (Fsp3) is 0.789. The lowest BCUT2D eigenvalue weighted by Gasteiger charge is -2.25. The number of nitrogens with zero attached hydrogens (tertiary/aromatic N) is 1. The lowest BCUT2D eigenvalue weighted by molar-refractivity contribution is -0.228. The van der Waals surface area contributed by atoms with Crippen LogP contribution in [0.25, 0.3) is 0 Å². The number of fused-ring (bicyclic) bond motifs is 1. The van der Waals surface area contributed by atoms with Crippen LogP contribution < -0.4 is 0 Å². The summed E-state index contributed by atoms with van der Waals surface area (Å²) in [6.07, 6.45) is 0.270. The highest BCUT2D eigenvalue weighted by Gasteiger charge is 2.56. The largest absolute Gasteiger partial charge is 0.469 e. The second-order valence-electron chi connectivity index (χ2n) is 7.45. The molecule has 0 aliphatic carbocycles. The predicted molar refractivity (Wildman–Crippen MR) is 101 cm³/mol. The maximum Gasteiger partial charge on any atom is 0.309 e. The second-order valence-corrected chi connectivity index (χ2v) is 7.45. The van der Waals surface area contributed by atoms with Crippen molar-refractivity contribution >= 4 is 12.2 Å².